The van der Waals surface area contributed by atoms with Gasteiger partial charge in [-0.05, 0) is 62.3 Å². The number of aromatic nitrogens is 3. The minimum absolute atomic E-state index is 0.114. The molecule has 5 rings (SSSR count). The molecule has 0 aromatic carbocycles. The molecule has 4 N–H and O–H groups in total. The lowest BCUT2D eigenvalue weighted by molar-refractivity contribution is -0.121. The second kappa shape index (κ2) is 11.5. The summed E-state index contributed by atoms with van der Waals surface area (Å²) in [5.41, 5.74) is 2.75. The van der Waals surface area contributed by atoms with E-state index in [9.17, 15) is 4.79 Å². The zero-order chi connectivity index (χ0) is 24.9. The van der Waals surface area contributed by atoms with E-state index in [0.717, 1.165) is 53.7 Å². The number of amides is 1. The van der Waals surface area contributed by atoms with E-state index in [1.165, 1.54) is 32.1 Å². The van der Waals surface area contributed by atoms with Crippen LogP contribution >= 0.6 is 11.6 Å². The summed E-state index contributed by atoms with van der Waals surface area (Å²) in [6.45, 7) is 0.424. The molecular formula is C27H35ClN6O2. The van der Waals surface area contributed by atoms with E-state index in [1.54, 1.807) is 13.3 Å². The molecule has 3 aromatic heterocycles. The molecule has 0 aliphatic heterocycles. The molecule has 0 spiro atoms. The Morgan fingerprint density at radius 3 is 2.61 bits per heavy atom. The van der Waals surface area contributed by atoms with Crippen molar-refractivity contribution < 1.29 is 9.53 Å². The van der Waals surface area contributed by atoms with E-state index in [2.05, 4.69) is 30.9 Å². The van der Waals surface area contributed by atoms with Crippen LogP contribution in [0.15, 0.2) is 30.6 Å². The average Bonchev–Trinajstić information content (AvgIpc) is 3.32. The van der Waals surface area contributed by atoms with Gasteiger partial charge in [0.25, 0.3) is 0 Å². The summed E-state index contributed by atoms with van der Waals surface area (Å²) in [6.07, 6.45) is 13.7. The van der Waals surface area contributed by atoms with E-state index in [0.29, 0.717) is 29.5 Å². The summed E-state index contributed by atoms with van der Waals surface area (Å²) in [6, 6.07) is 6.89. The van der Waals surface area contributed by atoms with Gasteiger partial charge in [-0.1, -0.05) is 30.9 Å². The first-order chi connectivity index (χ1) is 17.6. The third-order valence-corrected chi connectivity index (χ3v) is 7.64. The Labute approximate surface area is 217 Å². The van der Waals surface area contributed by atoms with Crippen LogP contribution in [0, 0.1) is 0 Å². The normalized spacial score (nSPS) is 20.8. The lowest BCUT2D eigenvalue weighted by atomic mass is 9.91. The predicted molar refractivity (Wildman–Crippen MR) is 144 cm³/mol. The van der Waals surface area contributed by atoms with Crippen LogP contribution in [0.25, 0.3) is 22.2 Å². The lowest BCUT2D eigenvalue weighted by Crippen LogP contribution is -2.45. The largest absolute Gasteiger partial charge is 0.495 e. The summed E-state index contributed by atoms with van der Waals surface area (Å²) in [7, 11) is 1.63. The second-order valence-corrected chi connectivity index (χ2v) is 10.4. The van der Waals surface area contributed by atoms with E-state index in [4.69, 9.17) is 16.3 Å². The molecule has 0 radical (unpaired) electrons. The number of carbonyl (C=O) groups excluding carboxylic acids is 1. The summed E-state index contributed by atoms with van der Waals surface area (Å²) in [5.74, 6) is 1.57. The molecule has 3 aromatic rings. The number of hydrogen-bond acceptors (Lipinski definition) is 6. The van der Waals surface area contributed by atoms with E-state index >= 15 is 0 Å². The molecular weight excluding hydrogens is 476 g/mol. The molecule has 0 unspecified atom stereocenters. The van der Waals surface area contributed by atoms with Crippen molar-refractivity contribution in [2.24, 2.45) is 0 Å². The van der Waals surface area contributed by atoms with Crippen LogP contribution in [0.4, 0.5) is 5.82 Å². The quantitative estimate of drug-likeness (QED) is 0.316. The first kappa shape index (κ1) is 24.8. The zero-order valence-electron chi connectivity index (χ0n) is 20.8. The number of hydrogen-bond donors (Lipinski definition) is 4. The van der Waals surface area contributed by atoms with Crippen LogP contribution in [0.2, 0.25) is 5.15 Å². The third-order valence-electron chi connectivity index (χ3n) is 7.45. The fourth-order valence-corrected chi connectivity index (χ4v) is 5.68. The van der Waals surface area contributed by atoms with E-state index in [1.807, 2.05) is 24.4 Å². The number of aromatic amines is 1. The van der Waals surface area contributed by atoms with Gasteiger partial charge in [-0.25, -0.2) is 9.97 Å². The Bertz CT molecular complexity index is 1180. The fraction of sp³-hybridized carbons (Fsp3) is 0.519. The van der Waals surface area contributed by atoms with Gasteiger partial charge in [-0.2, -0.15) is 0 Å². The van der Waals surface area contributed by atoms with Crippen LogP contribution in [0.1, 0.15) is 57.8 Å². The predicted octanol–water partition coefficient (Wildman–Crippen LogP) is 5.05. The van der Waals surface area contributed by atoms with Gasteiger partial charge in [0.15, 0.2) is 0 Å². The smallest absolute Gasteiger partial charge is 0.234 e. The molecule has 1 amide bonds. The molecule has 8 nitrogen and oxygen atoms in total. The maximum Gasteiger partial charge on any atom is 0.234 e. The number of rotatable bonds is 8. The number of methoxy groups -OCH3 is 1. The molecule has 3 heterocycles. The first-order valence-electron chi connectivity index (χ1n) is 13.1. The number of H-pyrrole nitrogens is 1. The highest BCUT2D eigenvalue weighted by Crippen LogP contribution is 2.33. The molecule has 2 aliphatic rings. The summed E-state index contributed by atoms with van der Waals surface area (Å²) in [5, 5.41) is 11.6. The Kier molecular flexibility index (Phi) is 7.92. The van der Waals surface area contributed by atoms with Crippen molar-refractivity contribution in [3.8, 4) is 16.9 Å². The van der Waals surface area contributed by atoms with Crippen LogP contribution in [0.3, 0.4) is 0 Å². The number of halogens is 1. The Morgan fingerprint density at radius 2 is 1.83 bits per heavy atom. The van der Waals surface area contributed by atoms with Crippen molar-refractivity contribution in [2.45, 2.75) is 75.9 Å². The highest BCUT2D eigenvalue weighted by molar-refractivity contribution is 6.29. The molecule has 0 bridgehead atoms. The van der Waals surface area contributed by atoms with E-state index in [-0.39, 0.29) is 11.9 Å². The van der Waals surface area contributed by atoms with Crippen molar-refractivity contribution in [3.05, 3.63) is 35.7 Å². The van der Waals surface area contributed by atoms with Crippen molar-refractivity contribution >= 4 is 34.4 Å². The molecule has 0 saturated heterocycles. The fourth-order valence-electron chi connectivity index (χ4n) is 5.47. The van der Waals surface area contributed by atoms with E-state index < -0.39 is 0 Å². The van der Waals surface area contributed by atoms with Crippen LogP contribution < -0.4 is 20.7 Å². The number of fused-ring (bicyclic) bond motifs is 1. The number of carbonyl (C=O) groups is 1. The number of pyridine rings is 2. The van der Waals surface area contributed by atoms with Gasteiger partial charge in [0.05, 0.1) is 19.9 Å². The Morgan fingerprint density at radius 1 is 1.06 bits per heavy atom. The van der Waals surface area contributed by atoms with Gasteiger partial charge in [0.1, 0.15) is 22.4 Å². The first-order valence-corrected chi connectivity index (χ1v) is 13.4. The van der Waals surface area contributed by atoms with Gasteiger partial charge >= 0.3 is 0 Å². The van der Waals surface area contributed by atoms with Gasteiger partial charge in [-0.3, -0.25) is 4.79 Å². The highest BCUT2D eigenvalue weighted by atomic mass is 35.5. The second-order valence-electron chi connectivity index (χ2n) is 10.0. The number of nitrogens with one attached hydrogen (secondary N) is 4. The molecule has 36 heavy (non-hydrogen) atoms. The standard InChI is InChI=1S/C27H35ClN6O2/c1-36-21-13-22-23(15-31-27(22)30-14-21)17-11-24(28)34-25(12-17)32-19-7-9-20(10-8-19)33-26(35)16-29-18-5-3-2-4-6-18/h11-15,18-20,29H,2-10,16H2,1H3,(H,30,31)(H,32,34)(H,33,35)/t19-,20-. The third kappa shape index (κ3) is 6.10. The minimum Gasteiger partial charge on any atom is -0.495 e. The van der Waals surface area contributed by atoms with Gasteiger partial charge in [-0.15, -0.1) is 0 Å². The summed E-state index contributed by atoms with van der Waals surface area (Å²) >= 11 is 6.41. The summed E-state index contributed by atoms with van der Waals surface area (Å²) < 4.78 is 5.35. The number of anilines is 1. The number of ether oxygens (including phenoxy) is 1. The van der Waals surface area contributed by atoms with Gasteiger partial charge in [0, 0.05) is 35.3 Å². The number of nitrogens with zero attached hydrogens (tertiary/aromatic N) is 2. The van der Waals surface area contributed by atoms with Gasteiger partial charge in [0.2, 0.25) is 5.91 Å². The molecule has 2 fully saturated rings. The van der Waals surface area contributed by atoms with Crippen LogP contribution in [0.5, 0.6) is 5.75 Å². The highest BCUT2D eigenvalue weighted by Gasteiger charge is 2.23. The Hall–Kier alpha value is -2.84. The molecule has 192 valence electrons. The molecule has 2 aliphatic carbocycles. The lowest BCUT2D eigenvalue weighted by Gasteiger charge is -2.30. The monoisotopic (exact) mass is 510 g/mol. The topological polar surface area (TPSA) is 104 Å². The zero-order valence-corrected chi connectivity index (χ0v) is 21.5. The van der Waals surface area contributed by atoms with Crippen molar-refractivity contribution in [2.75, 3.05) is 19.0 Å². The Balaban J connectivity index is 1.16. The summed E-state index contributed by atoms with van der Waals surface area (Å²) in [4.78, 5) is 24.6. The van der Waals surface area contributed by atoms with Crippen molar-refractivity contribution in [1.29, 1.82) is 0 Å². The van der Waals surface area contributed by atoms with Gasteiger partial charge < -0.3 is 25.7 Å². The van der Waals surface area contributed by atoms with Crippen molar-refractivity contribution in [1.82, 2.24) is 25.6 Å². The van der Waals surface area contributed by atoms with Crippen LogP contribution in [-0.2, 0) is 4.79 Å². The maximum absolute atomic E-state index is 12.4. The molecule has 2 saturated carbocycles. The average molecular weight is 511 g/mol. The maximum atomic E-state index is 12.4. The SMILES string of the molecule is COc1cnc2[nH]cc(-c3cc(Cl)nc(N[C@H]4CC[C@H](NC(=O)CNC5CCCCC5)CC4)c3)c2c1. The molecule has 0 atom stereocenters. The van der Waals surface area contributed by atoms with Crippen molar-refractivity contribution in [3.63, 3.8) is 0 Å². The molecule has 9 heteroatoms. The van der Waals surface area contributed by atoms with Crippen LogP contribution in [-0.4, -0.2) is 52.6 Å². The minimum atomic E-state index is 0.114.